The molecule has 1 aliphatic heterocycles. The van der Waals surface area contributed by atoms with E-state index in [9.17, 15) is 0 Å². The molecule has 1 aromatic heterocycles. The number of rotatable bonds is 7. The number of piperazine rings is 1. The fraction of sp³-hybridized carbons (Fsp3) is 0.786. The van der Waals surface area contributed by atoms with Gasteiger partial charge in [0.2, 0.25) is 0 Å². The van der Waals surface area contributed by atoms with E-state index in [-0.39, 0.29) is 0 Å². The van der Waals surface area contributed by atoms with Gasteiger partial charge >= 0.3 is 0 Å². The summed E-state index contributed by atoms with van der Waals surface area (Å²) >= 11 is 1.74. The third-order valence-electron chi connectivity index (χ3n) is 3.55. The fourth-order valence-corrected chi connectivity index (χ4v) is 3.22. The molecule has 0 aliphatic carbocycles. The van der Waals surface area contributed by atoms with Crippen molar-refractivity contribution < 1.29 is 0 Å². The minimum atomic E-state index is 0.734. The Morgan fingerprint density at radius 1 is 1.37 bits per heavy atom. The molecule has 1 fully saturated rings. The Labute approximate surface area is 120 Å². The number of hydrogen-bond donors (Lipinski definition) is 1. The van der Waals surface area contributed by atoms with Crippen LogP contribution in [0.3, 0.4) is 0 Å². The first-order valence-corrected chi connectivity index (χ1v) is 8.25. The van der Waals surface area contributed by atoms with Crippen molar-refractivity contribution in [2.45, 2.75) is 20.3 Å². The molecule has 0 spiro atoms. The van der Waals surface area contributed by atoms with Crippen LogP contribution in [0.1, 0.15) is 20.3 Å². The molecule has 2 heterocycles. The number of anilines is 1. The van der Waals surface area contributed by atoms with Crippen LogP contribution in [-0.4, -0.2) is 55.7 Å². The highest BCUT2D eigenvalue weighted by Crippen LogP contribution is 2.19. The van der Waals surface area contributed by atoms with Gasteiger partial charge in [-0.3, -0.25) is 4.90 Å². The third kappa shape index (κ3) is 4.75. The first-order valence-electron chi connectivity index (χ1n) is 7.37. The summed E-state index contributed by atoms with van der Waals surface area (Å²) in [7, 11) is 0. The highest BCUT2D eigenvalue weighted by Gasteiger charge is 2.19. The molecule has 1 N–H and O–H groups in total. The van der Waals surface area contributed by atoms with E-state index in [1.54, 1.807) is 11.3 Å². The Kier molecular flexibility index (Phi) is 6.07. The predicted octanol–water partition coefficient (Wildman–Crippen LogP) is 1.90. The van der Waals surface area contributed by atoms with Gasteiger partial charge in [-0.2, -0.15) is 0 Å². The Morgan fingerprint density at radius 2 is 2.16 bits per heavy atom. The first-order chi connectivity index (χ1) is 9.29. The van der Waals surface area contributed by atoms with Gasteiger partial charge in [-0.1, -0.05) is 13.8 Å². The molecule has 4 nitrogen and oxygen atoms in total. The lowest BCUT2D eigenvalue weighted by molar-refractivity contribution is 0.222. The van der Waals surface area contributed by atoms with E-state index in [1.165, 1.54) is 18.1 Å². The topological polar surface area (TPSA) is 31.4 Å². The average molecular weight is 282 g/mol. The smallest absolute Gasteiger partial charge is 0.185 e. The molecule has 0 saturated carbocycles. The van der Waals surface area contributed by atoms with E-state index < -0.39 is 0 Å². The van der Waals surface area contributed by atoms with Crippen LogP contribution >= 0.6 is 11.3 Å². The maximum atomic E-state index is 4.39. The monoisotopic (exact) mass is 282 g/mol. The zero-order valence-electron chi connectivity index (χ0n) is 12.1. The molecule has 19 heavy (non-hydrogen) atoms. The molecule has 0 amide bonds. The second-order valence-corrected chi connectivity index (χ2v) is 6.28. The molecule has 0 bridgehead atoms. The quantitative estimate of drug-likeness (QED) is 0.774. The molecule has 1 unspecified atom stereocenters. The molecule has 0 radical (unpaired) electrons. The van der Waals surface area contributed by atoms with Gasteiger partial charge in [-0.15, -0.1) is 11.3 Å². The molecule has 1 saturated heterocycles. The summed E-state index contributed by atoms with van der Waals surface area (Å²) in [5.74, 6) is 0.734. The van der Waals surface area contributed by atoms with Crippen LogP contribution < -0.4 is 10.2 Å². The van der Waals surface area contributed by atoms with Crippen molar-refractivity contribution in [2.75, 3.05) is 50.7 Å². The molecule has 1 aromatic rings. The van der Waals surface area contributed by atoms with Crippen molar-refractivity contribution in [1.82, 2.24) is 15.2 Å². The SMILES string of the molecule is CCCNCC(C)CN1CCN(c2nccs2)CC1. The highest BCUT2D eigenvalue weighted by atomic mass is 32.1. The van der Waals surface area contributed by atoms with E-state index in [0.717, 1.165) is 45.2 Å². The average Bonchev–Trinajstić information content (AvgIpc) is 2.94. The van der Waals surface area contributed by atoms with Gasteiger partial charge in [0.15, 0.2) is 5.13 Å². The second-order valence-electron chi connectivity index (χ2n) is 5.41. The molecule has 0 aromatic carbocycles. The number of nitrogens with zero attached hydrogens (tertiary/aromatic N) is 3. The minimum absolute atomic E-state index is 0.734. The van der Waals surface area contributed by atoms with E-state index in [2.05, 4.69) is 39.3 Å². The minimum Gasteiger partial charge on any atom is -0.346 e. The molecular weight excluding hydrogens is 256 g/mol. The Morgan fingerprint density at radius 3 is 2.79 bits per heavy atom. The van der Waals surface area contributed by atoms with Crippen molar-refractivity contribution >= 4 is 16.5 Å². The van der Waals surface area contributed by atoms with Crippen LogP contribution in [-0.2, 0) is 0 Å². The summed E-state index contributed by atoms with van der Waals surface area (Å²) in [6, 6.07) is 0. The van der Waals surface area contributed by atoms with Crippen molar-refractivity contribution in [1.29, 1.82) is 0 Å². The summed E-state index contributed by atoms with van der Waals surface area (Å²) in [5, 5.41) is 6.75. The van der Waals surface area contributed by atoms with Crippen LogP contribution in [0, 0.1) is 5.92 Å². The van der Waals surface area contributed by atoms with E-state index >= 15 is 0 Å². The van der Waals surface area contributed by atoms with Gasteiger partial charge in [0.25, 0.3) is 0 Å². The summed E-state index contributed by atoms with van der Waals surface area (Å²) < 4.78 is 0. The molecule has 108 valence electrons. The number of nitrogens with one attached hydrogen (secondary N) is 1. The molecule has 2 rings (SSSR count). The molecular formula is C14H26N4S. The van der Waals surface area contributed by atoms with Gasteiger partial charge in [0.1, 0.15) is 0 Å². The summed E-state index contributed by atoms with van der Waals surface area (Å²) in [5.41, 5.74) is 0. The largest absolute Gasteiger partial charge is 0.346 e. The van der Waals surface area contributed by atoms with Crippen molar-refractivity contribution in [2.24, 2.45) is 5.92 Å². The van der Waals surface area contributed by atoms with Gasteiger partial charge in [-0.05, 0) is 25.4 Å². The lowest BCUT2D eigenvalue weighted by Gasteiger charge is -2.35. The standard InChI is InChI=1S/C14H26N4S/c1-3-4-15-11-13(2)12-17-6-8-18(9-7-17)14-16-5-10-19-14/h5,10,13,15H,3-4,6-9,11-12H2,1-2H3. The molecule has 1 aliphatic rings. The van der Waals surface area contributed by atoms with Crippen LogP contribution in [0.2, 0.25) is 0 Å². The Bertz CT molecular complexity index is 333. The maximum Gasteiger partial charge on any atom is 0.185 e. The van der Waals surface area contributed by atoms with Crippen molar-refractivity contribution in [3.8, 4) is 0 Å². The maximum absolute atomic E-state index is 4.39. The number of aromatic nitrogens is 1. The fourth-order valence-electron chi connectivity index (χ4n) is 2.52. The normalized spacial score (nSPS) is 18.7. The van der Waals surface area contributed by atoms with Gasteiger partial charge in [-0.25, -0.2) is 4.98 Å². The third-order valence-corrected chi connectivity index (χ3v) is 4.38. The summed E-state index contributed by atoms with van der Waals surface area (Å²) in [6.45, 7) is 12.6. The van der Waals surface area contributed by atoms with E-state index in [4.69, 9.17) is 0 Å². The van der Waals surface area contributed by atoms with Gasteiger partial charge in [0.05, 0.1) is 0 Å². The first kappa shape index (κ1) is 14.8. The highest BCUT2D eigenvalue weighted by molar-refractivity contribution is 7.13. The Hall–Kier alpha value is -0.650. The second kappa shape index (κ2) is 7.82. The summed E-state index contributed by atoms with van der Waals surface area (Å²) in [6.07, 6.45) is 3.12. The zero-order chi connectivity index (χ0) is 13.5. The number of thiazole rings is 1. The van der Waals surface area contributed by atoms with Crippen molar-refractivity contribution in [3.05, 3.63) is 11.6 Å². The molecule has 5 heteroatoms. The van der Waals surface area contributed by atoms with E-state index in [0.29, 0.717) is 0 Å². The van der Waals surface area contributed by atoms with E-state index in [1.807, 2.05) is 6.20 Å². The predicted molar refractivity (Wildman–Crippen MR) is 83.1 cm³/mol. The van der Waals surface area contributed by atoms with Gasteiger partial charge < -0.3 is 10.2 Å². The van der Waals surface area contributed by atoms with Crippen LogP contribution in [0.5, 0.6) is 0 Å². The lowest BCUT2D eigenvalue weighted by Crippen LogP contribution is -2.48. The zero-order valence-corrected chi connectivity index (χ0v) is 13.0. The lowest BCUT2D eigenvalue weighted by atomic mass is 10.1. The van der Waals surface area contributed by atoms with Crippen molar-refractivity contribution in [3.63, 3.8) is 0 Å². The van der Waals surface area contributed by atoms with Crippen LogP contribution in [0.4, 0.5) is 5.13 Å². The van der Waals surface area contributed by atoms with Gasteiger partial charge in [0, 0.05) is 44.3 Å². The molecule has 1 atom stereocenters. The van der Waals surface area contributed by atoms with Crippen LogP contribution in [0.15, 0.2) is 11.6 Å². The summed E-state index contributed by atoms with van der Waals surface area (Å²) in [4.78, 5) is 9.38. The Balaban J connectivity index is 1.66. The van der Waals surface area contributed by atoms with Crippen LogP contribution in [0.25, 0.3) is 0 Å². The number of hydrogen-bond acceptors (Lipinski definition) is 5.